The molecule has 1 aliphatic rings. The third-order valence-electron chi connectivity index (χ3n) is 2.05. The summed E-state index contributed by atoms with van der Waals surface area (Å²) in [5, 5.41) is 30.6. The fourth-order valence-electron chi connectivity index (χ4n) is 1.49. The van der Waals surface area contributed by atoms with E-state index in [0.29, 0.717) is 4.88 Å². The van der Waals surface area contributed by atoms with Gasteiger partial charge in [0, 0.05) is 4.88 Å². The van der Waals surface area contributed by atoms with Crippen molar-refractivity contribution < 1.29 is 15.3 Å². The molecule has 0 amide bonds. The van der Waals surface area contributed by atoms with Crippen LogP contribution in [0.25, 0.3) is 0 Å². The van der Waals surface area contributed by atoms with Gasteiger partial charge < -0.3 is 15.3 Å². The van der Waals surface area contributed by atoms with Crippen LogP contribution in [0.3, 0.4) is 0 Å². The van der Waals surface area contributed by atoms with Gasteiger partial charge in [0.15, 0.2) is 0 Å². The van der Waals surface area contributed by atoms with E-state index >= 15 is 0 Å². The highest BCUT2D eigenvalue weighted by Gasteiger charge is 2.30. The van der Waals surface area contributed by atoms with Gasteiger partial charge in [-0.3, -0.25) is 0 Å². The second-order valence-electron chi connectivity index (χ2n) is 3.25. The Morgan fingerprint density at radius 2 is 1.86 bits per heavy atom. The molecule has 14 heavy (non-hydrogen) atoms. The molecule has 1 aromatic rings. The highest BCUT2D eigenvalue weighted by Crippen LogP contribution is 2.34. The Balaban J connectivity index is 2.45. The van der Waals surface area contributed by atoms with Crippen LogP contribution < -0.4 is 0 Å². The molecule has 0 aromatic carbocycles. The predicted octanol–water partition coefficient (Wildman–Crippen LogP) is 2.22. The zero-order chi connectivity index (χ0) is 10.2. The van der Waals surface area contributed by atoms with Crippen LogP contribution in [0.2, 0.25) is 0 Å². The SMILES string of the molecule is OC1=CC(O)(c2cccs2)C=C(O)C1. The van der Waals surface area contributed by atoms with Crippen LogP contribution in [0.1, 0.15) is 11.3 Å². The average Bonchev–Trinajstić information content (AvgIpc) is 2.52. The lowest BCUT2D eigenvalue weighted by atomic mass is 9.94. The molecule has 0 atom stereocenters. The molecule has 74 valence electrons. The largest absolute Gasteiger partial charge is 0.512 e. The fraction of sp³-hybridized carbons (Fsp3) is 0.200. The lowest BCUT2D eigenvalue weighted by Crippen LogP contribution is -2.22. The topological polar surface area (TPSA) is 60.7 Å². The molecule has 0 spiro atoms. The maximum atomic E-state index is 10.1. The number of thiophene rings is 1. The zero-order valence-electron chi connectivity index (χ0n) is 7.34. The summed E-state index contributed by atoms with van der Waals surface area (Å²) in [4.78, 5) is 0.676. The molecule has 0 bridgehead atoms. The summed E-state index contributed by atoms with van der Waals surface area (Å²) in [6.45, 7) is 0. The van der Waals surface area contributed by atoms with Crippen molar-refractivity contribution in [2.75, 3.05) is 0 Å². The van der Waals surface area contributed by atoms with Gasteiger partial charge in [-0.1, -0.05) is 6.07 Å². The summed E-state index contributed by atoms with van der Waals surface area (Å²) >= 11 is 1.37. The van der Waals surface area contributed by atoms with Gasteiger partial charge in [0.05, 0.1) is 17.9 Å². The molecule has 0 aliphatic heterocycles. The fourth-order valence-corrected chi connectivity index (χ4v) is 2.25. The quantitative estimate of drug-likeness (QED) is 0.666. The lowest BCUT2D eigenvalue weighted by Gasteiger charge is -2.23. The molecule has 0 radical (unpaired) electrons. The normalized spacial score (nSPS) is 20.1. The second-order valence-corrected chi connectivity index (χ2v) is 4.20. The molecule has 0 fully saturated rings. The Labute approximate surface area is 85.3 Å². The van der Waals surface area contributed by atoms with Crippen molar-refractivity contribution in [1.82, 2.24) is 0 Å². The van der Waals surface area contributed by atoms with E-state index in [1.165, 1.54) is 23.5 Å². The summed E-state index contributed by atoms with van der Waals surface area (Å²) in [6.07, 6.45) is 2.78. The van der Waals surface area contributed by atoms with Crippen LogP contribution in [-0.2, 0) is 5.60 Å². The van der Waals surface area contributed by atoms with E-state index < -0.39 is 5.60 Å². The average molecular weight is 210 g/mol. The van der Waals surface area contributed by atoms with Crippen molar-refractivity contribution in [3.63, 3.8) is 0 Å². The molecule has 0 saturated carbocycles. The molecule has 4 heteroatoms. The van der Waals surface area contributed by atoms with Crippen molar-refractivity contribution in [3.8, 4) is 0 Å². The Kier molecular flexibility index (Phi) is 2.09. The van der Waals surface area contributed by atoms with Crippen LogP contribution >= 0.6 is 11.3 Å². The van der Waals surface area contributed by atoms with Crippen molar-refractivity contribution in [1.29, 1.82) is 0 Å². The van der Waals surface area contributed by atoms with E-state index in [-0.39, 0.29) is 17.9 Å². The third kappa shape index (κ3) is 1.54. The van der Waals surface area contributed by atoms with E-state index in [1.54, 1.807) is 6.07 Å². The number of hydrogen-bond donors (Lipinski definition) is 3. The van der Waals surface area contributed by atoms with E-state index in [2.05, 4.69) is 0 Å². The Morgan fingerprint density at radius 1 is 1.21 bits per heavy atom. The summed E-state index contributed by atoms with van der Waals surface area (Å²) in [5.41, 5.74) is -1.36. The minimum absolute atomic E-state index is 0.0131. The third-order valence-corrected chi connectivity index (χ3v) is 3.06. The molecule has 1 heterocycles. The molecule has 3 N–H and O–H groups in total. The number of rotatable bonds is 1. The van der Waals surface area contributed by atoms with Crippen molar-refractivity contribution in [2.24, 2.45) is 0 Å². The van der Waals surface area contributed by atoms with Gasteiger partial charge in [-0.2, -0.15) is 0 Å². The van der Waals surface area contributed by atoms with E-state index in [4.69, 9.17) is 0 Å². The predicted molar refractivity (Wildman–Crippen MR) is 54.3 cm³/mol. The van der Waals surface area contributed by atoms with Crippen molar-refractivity contribution >= 4 is 11.3 Å². The van der Waals surface area contributed by atoms with Gasteiger partial charge in [-0.25, -0.2) is 0 Å². The summed E-state index contributed by atoms with van der Waals surface area (Å²) in [5.74, 6) is -0.0261. The zero-order valence-corrected chi connectivity index (χ0v) is 8.16. The van der Waals surface area contributed by atoms with Gasteiger partial charge in [0.2, 0.25) is 0 Å². The van der Waals surface area contributed by atoms with Gasteiger partial charge in [-0.05, 0) is 23.6 Å². The second kappa shape index (κ2) is 3.15. The van der Waals surface area contributed by atoms with E-state index in [9.17, 15) is 15.3 Å². The molecular weight excluding hydrogens is 200 g/mol. The van der Waals surface area contributed by atoms with Crippen LogP contribution in [0.4, 0.5) is 0 Å². The molecule has 2 rings (SSSR count). The molecule has 0 saturated heterocycles. The highest BCUT2D eigenvalue weighted by molar-refractivity contribution is 7.10. The first-order valence-electron chi connectivity index (χ1n) is 4.18. The monoisotopic (exact) mass is 210 g/mol. The Morgan fingerprint density at radius 3 is 2.36 bits per heavy atom. The number of aliphatic hydroxyl groups excluding tert-OH is 2. The van der Waals surface area contributed by atoms with Crippen molar-refractivity contribution in [2.45, 2.75) is 12.0 Å². The first kappa shape index (κ1) is 9.30. The van der Waals surface area contributed by atoms with Gasteiger partial charge in [0.1, 0.15) is 5.60 Å². The Bertz CT molecular complexity index is 372. The number of hydrogen-bond acceptors (Lipinski definition) is 4. The Hall–Kier alpha value is -1.26. The van der Waals surface area contributed by atoms with Crippen molar-refractivity contribution in [3.05, 3.63) is 46.1 Å². The van der Waals surface area contributed by atoms with Crippen LogP contribution in [0.5, 0.6) is 0 Å². The van der Waals surface area contributed by atoms with Gasteiger partial charge in [-0.15, -0.1) is 11.3 Å². The first-order valence-corrected chi connectivity index (χ1v) is 5.06. The molecule has 1 aliphatic carbocycles. The van der Waals surface area contributed by atoms with Crippen LogP contribution in [0, 0.1) is 0 Å². The van der Waals surface area contributed by atoms with E-state index in [0.717, 1.165) is 0 Å². The van der Waals surface area contributed by atoms with Gasteiger partial charge in [0.25, 0.3) is 0 Å². The first-order chi connectivity index (χ1) is 6.60. The highest BCUT2D eigenvalue weighted by atomic mass is 32.1. The maximum absolute atomic E-state index is 10.1. The standard InChI is InChI=1S/C10H10O3S/c11-7-4-8(12)6-10(13,5-7)9-2-1-3-14-9/h1-3,5-6,11-13H,4H2. The van der Waals surface area contributed by atoms with Crippen LogP contribution in [0.15, 0.2) is 41.2 Å². The summed E-state index contributed by atoms with van der Waals surface area (Å²) < 4.78 is 0. The summed E-state index contributed by atoms with van der Waals surface area (Å²) in [6, 6.07) is 3.56. The minimum atomic E-state index is -1.36. The molecular formula is C10H10O3S. The molecule has 1 aromatic heterocycles. The summed E-state index contributed by atoms with van der Waals surface area (Å²) in [7, 11) is 0. The number of aliphatic hydroxyl groups is 3. The van der Waals surface area contributed by atoms with Crippen LogP contribution in [-0.4, -0.2) is 15.3 Å². The molecule has 3 nitrogen and oxygen atoms in total. The van der Waals surface area contributed by atoms with E-state index in [1.807, 2.05) is 11.4 Å². The smallest absolute Gasteiger partial charge is 0.142 e. The lowest BCUT2D eigenvalue weighted by molar-refractivity contribution is 0.130. The minimum Gasteiger partial charge on any atom is -0.512 e. The molecule has 0 unspecified atom stereocenters. The maximum Gasteiger partial charge on any atom is 0.142 e. The van der Waals surface area contributed by atoms with Gasteiger partial charge >= 0.3 is 0 Å².